The van der Waals surface area contributed by atoms with Crippen molar-refractivity contribution in [3.63, 3.8) is 0 Å². The van der Waals surface area contributed by atoms with Crippen LogP contribution in [0.3, 0.4) is 0 Å². The van der Waals surface area contributed by atoms with Crippen LogP contribution in [0.25, 0.3) is 0 Å². The highest BCUT2D eigenvalue weighted by Gasteiger charge is 2.53. The molecule has 1 aliphatic carbocycles. The molecule has 2 fully saturated rings. The van der Waals surface area contributed by atoms with Gasteiger partial charge in [0.05, 0.1) is 11.6 Å². The minimum absolute atomic E-state index is 0.000745. The lowest BCUT2D eigenvalue weighted by Gasteiger charge is -2.38. The van der Waals surface area contributed by atoms with Gasteiger partial charge in [0, 0.05) is 38.6 Å². The van der Waals surface area contributed by atoms with Gasteiger partial charge < -0.3 is 30.3 Å². The summed E-state index contributed by atoms with van der Waals surface area (Å²) in [7, 11) is 1.72. The highest BCUT2D eigenvalue weighted by Crippen LogP contribution is 2.38. The van der Waals surface area contributed by atoms with Gasteiger partial charge in [-0.25, -0.2) is 4.39 Å². The molecule has 3 aromatic rings. The summed E-state index contributed by atoms with van der Waals surface area (Å²) in [5.74, 6) is -1.62. The second-order valence-electron chi connectivity index (χ2n) is 13.4. The highest BCUT2D eigenvalue weighted by atomic mass is 19.1. The summed E-state index contributed by atoms with van der Waals surface area (Å²) in [6.07, 6.45) is 2.59. The van der Waals surface area contributed by atoms with Crippen LogP contribution in [0.2, 0.25) is 0 Å². The van der Waals surface area contributed by atoms with Gasteiger partial charge in [0.2, 0.25) is 17.7 Å². The van der Waals surface area contributed by atoms with Crippen LogP contribution in [-0.2, 0) is 31.0 Å². The molecule has 10 nitrogen and oxygen atoms in total. The molecule has 2 heterocycles. The Bertz CT molecular complexity index is 1670. The molecule has 0 aromatic heterocycles. The molecule has 3 aromatic carbocycles. The number of carbonyl (C=O) groups is 4. The van der Waals surface area contributed by atoms with Gasteiger partial charge in [0.15, 0.2) is 0 Å². The maximum absolute atomic E-state index is 14.3. The number of halogens is 1. The van der Waals surface area contributed by atoms with Crippen LogP contribution in [0.15, 0.2) is 78.9 Å². The van der Waals surface area contributed by atoms with Gasteiger partial charge in [0.1, 0.15) is 29.8 Å². The maximum atomic E-state index is 14.3. The van der Waals surface area contributed by atoms with Crippen LogP contribution in [0.5, 0.6) is 5.75 Å². The Labute approximate surface area is 285 Å². The van der Waals surface area contributed by atoms with Gasteiger partial charge in [-0.1, -0.05) is 54.6 Å². The van der Waals surface area contributed by atoms with Crippen molar-refractivity contribution < 1.29 is 33.0 Å². The molecule has 3 aliphatic rings. The number of nitrogens with zero attached hydrogens (tertiary/aromatic N) is 1. The van der Waals surface area contributed by atoms with E-state index in [2.05, 4.69) is 16.0 Å². The summed E-state index contributed by atoms with van der Waals surface area (Å²) in [5.41, 5.74) is 0.440. The molecule has 2 atom stereocenters. The third-order valence-electron chi connectivity index (χ3n) is 10.1. The topological polar surface area (TPSA) is 126 Å². The molecular formula is C38H43FN4O6. The Morgan fingerprint density at radius 1 is 0.959 bits per heavy atom. The lowest BCUT2D eigenvalue weighted by atomic mass is 9.74. The molecule has 11 heteroatoms. The molecule has 0 radical (unpaired) electrons. The van der Waals surface area contributed by atoms with E-state index in [9.17, 15) is 23.6 Å². The SMILES string of the molecule is CN1C(=O)C2(CC2)NC(=O)CC[C@@H](C(=O)NCC2(c3cccc(F)c3)CCOCC2)NC(=O)c2ccccc2OC[C@@H]1Cc1ccccc1. The number of rotatable bonds is 6. The summed E-state index contributed by atoms with van der Waals surface area (Å²) < 4.78 is 26.1. The number of fused-ring (bicyclic) bond motifs is 1. The Balaban J connectivity index is 1.25. The smallest absolute Gasteiger partial charge is 0.255 e. The second kappa shape index (κ2) is 14.8. The normalized spacial score (nSPS) is 22.4. The first kappa shape index (κ1) is 34.1. The number of para-hydroxylation sites is 1. The van der Waals surface area contributed by atoms with E-state index in [0.29, 0.717) is 51.1 Å². The van der Waals surface area contributed by atoms with Crippen molar-refractivity contribution in [3.8, 4) is 5.75 Å². The van der Waals surface area contributed by atoms with E-state index in [-0.39, 0.29) is 55.2 Å². The average Bonchev–Trinajstić information content (AvgIpc) is 3.91. The zero-order valence-electron chi connectivity index (χ0n) is 27.7. The summed E-state index contributed by atoms with van der Waals surface area (Å²) >= 11 is 0. The van der Waals surface area contributed by atoms with Crippen molar-refractivity contribution in [1.29, 1.82) is 0 Å². The minimum atomic E-state index is -1.07. The van der Waals surface area contributed by atoms with E-state index in [1.165, 1.54) is 12.1 Å². The van der Waals surface area contributed by atoms with Crippen molar-refractivity contribution in [2.45, 2.75) is 68.0 Å². The fourth-order valence-electron chi connectivity index (χ4n) is 6.82. The van der Waals surface area contributed by atoms with Gasteiger partial charge in [-0.2, -0.15) is 0 Å². The third-order valence-corrected chi connectivity index (χ3v) is 10.1. The molecule has 4 amide bonds. The first-order chi connectivity index (χ1) is 23.7. The van der Waals surface area contributed by atoms with Crippen molar-refractivity contribution in [1.82, 2.24) is 20.9 Å². The fraction of sp³-hybridized carbons (Fsp3) is 0.421. The molecule has 1 spiro atoms. The van der Waals surface area contributed by atoms with Gasteiger partial charge in [-0.3, -0.25) is 19.2 Å². The highest BCUT2D eigenvalue weighted by molar-refractivity contribution is 6.00. The quantitative estimate of drug-likeness (QED) is 0.368. The number of benzene rings is 3. The number of likely N-dealkylation sites (N-methyl/N-ethyl adjacent to an activating group) is 1. The van der Waals surface area contributed by atoms with Gasteiger partial charge in [0.25, 0.3) is 5.91 Å². The fourth-order valence-corrected chi connectivity index (χ4v) is 6.82. The minimum Gasteiger partial charge on any atom is -0.491 e. The first-order valence-corrected chi connectivity index (χ1v) is 16.9. The van der Waals surface area contributed by atoms with Crippen molar-refractivity contribution in [2.75, 3.05) is 33.4 Å². The van der Waals surface area contributed by atoms with Crippen molar-refractivity contribution in [2.24, 2.45) is 0 Å². The van der Waals surface area contributed by atoms with E-state index in [4.69, 9.17) is 9.47 Å². The van der Waals surface area contributed by atoms with Gasteiger partial charge >= 0.3 is 0 Å². The average molecular weight is 671 g/mol. The molecule has 2 aliphatic heterocycles. The summed E-state index contributed by atoms with van der Waals surface area (Å²) in [6.45, 7) is 1.22. The Morgan fingerprint density at radius 3 is 2.43 bits per heavy atom. The summed E-state index contributed by atoms with van der Waals surface area (Å²) in [4.78, 5) is 56.5. The molecule has 49 heavy (non-hydrogen) atoms. The number of nitrogens with one attached hydrogen (secondary N) is 3. The molecule has 0 unspecified atom stereocenters. The first-order valence-electron chi connectivity index (χ1n) is 16.9. The van der Waals surface area contributed by atoms with E-state index >= 15 is 0 Å². The van der Waals surface area contributed by atoms with Crippen molar-refractivity contribution >= 4 is 23.6 Å². The van der Waals surface area contributed by atoms with Crippen LogP contribution in [-0.4, -0.2) is 79.6 Å². The van der Waals surface area contributed by atoms with E-state index in [0.717, 1.165) is 11.1 Å². The van der Waals surface area contributed by atoms with E-state index in [1.807, 2.05) is 36.4 Å². The summed E-state index contributed by atoms with van der Waals surface area (Å²) in [5, 5.41) is 8.78. The van der Waals surface area contributed by atoms with Crippen molar-refractivity contribution in [3.05, 3.63) is 101 Å². The second-order valence-corrected chi connectivity index (χ2v) is 13.4. The molecule has 0 bridgehead atoms. The standard InChI is InChI=1S/C38H43FN4O6/c1-43-29(22-26-8-3-2-4-9-26)24-49-32-13-6-5-12-30(32)34(45)41-31(14-15-33(44)42-38(16-17-38)36(43)47)35(46)40-25-37(18-20-48-21-19-37)27-10-7-11-28(39)23-27/h2-13,23,29,31H,14-22,24-25H2,1H3,(H,40,46)(H,41,45)(H,42,44)/t29-,31-/m0/s1. The van der Waals surface area contributed by atoms with Gasteiger partial charge in [-0.05, 0) is 73.9 Å². The summed E-state index contributed by atoms with van der Waals surface area (Å²) in [6, 6.07) is 21.4. The van der Waals surface area contributed by atoms with Crippen LogP contribution in [0.1, 0.15) is 60.0 Å². The van der Waals surface area contributed by atoms with Gasteiger partial charge in [-0.15, -0.1) is 0 Å². The molecule has 1 saturated heterocycles. The van der Waals surface area contributed by atoms with Crippen LogP contribution in [0.4, 0.5) is 4.39 Å². The number of hydrogen-bond donors (Lipinski definition) is 3. The zero-order valence-corrected chi connectivity index (χ0v) is 27.7. The third kappa shape index (κ3) is 7.94. The zero-order chi connectivity index (χ0) is 34.4. The Morgan fingerprint density at radius 2 is 1.69 bits per heavy atom. The lowest BCUT2D eigenvalue weighted by Crippen LogP contribution is -2.54. The Kier molecular flexibility index (Phi) is 10.3. The predicted molar refractivity (Wildman–Crippen MR) is 180 cm³/mol. The molecule has 1 saturated carbocycles. The largest absolute Gasteiger partial charge is 0.491 e. The number of amides is 4. The molecule has 258 valence electrons. The Hall–Kier alpha value is -4.77. The monoisotopic (exact) mass is 670 g/mol. The molecular weight excluding hydrogens is 627 g/mol. The lowest BCUT2D eigenvalue weighted by molar-refractivity contribution is -0.139. The number of hydrogen-bond acceptors (Lipinski definition) is 6. The number of carbonyl (C=O) groups excluding carboxylic acids is 4. The predicted octanol–water partition coefficient (Wildman–Crippen LogP) is 3.68. The molecule has 6 rings (SSSR count). The van der Waals surface area contributed by atoms with Crippen LogP contribution >= 0.6 is 0 Å². The van der Waals surface area contributed by atoms with Crippen LogP contribution < -0.4 is 20.7 Å². The molecule has 3 N–H and O–H groups in total. The maximum Gasteiger partial charge on any atom is 0.255 e. The van der Waals surface area contributed by atoms with Crippen LogP contribution in [0, 0.1) is 5.82 Å². The van der Waals surface area contributed by atoms with E-state index < -0.39 is 28.8 Å². The number of ether oxygens (including phenoxy) is 2. The van der Waals surface area contributed by atoms with E-state index in [1.54, 1.807) is 42.3 Å².